The normalized spacial score (nSPS) is 18.8. The van der Waals surface area contributed by atoms with Gasteiger partial charge in [0.15, 0.2) is 0 Å². The van der Waals surface area contributed by atoms with Crippen LogP contribution in [0.15, 0.2) is 146 Å². The Balaban J connectivity index is 0.000000127. The maximum absolute atomic E-state index is 9.13. The highest BCUT2D eigenvalue weighted by molar-refractivity contribution is 5.91. The molecule has 16 rings (SSSR count). The maximum atomic E-state index is 9.13. The van der Waals surface area contributed by atoms with Crippen molar-refractivity contribution >= 4 is 43.6 Å². The van der Waals surface area contributed by atoms with Crippen LogP contribution in [-0.2, 0) is 75.4 Å². The molecule has 0 bridgehead atoms. The van der Waals surface area contributed by atoms with Gasteiger partial charge in [-0.25, -0.2) is 0 Å². The molecule has 0 saturated heterocycles. The molecule has 0 saturated carbocycles. The van der Waals surface area contributed by atoms with Crippen LogP contribution in [0.25, 0.3) is 88.6 Å². The predicted octanol–water partition coefficient (Wildman–Crippen LogP) is 21.9. The molecule has 100 heavy (non-hydrogen) atoms. The Morgan fingerprint density at radius 1 is 0.310 bits per heavy atom. The van der Waals surface area contributed by atoms with Crippen LogP contribution in [0.2, 0.25) is 0 Å². The maximum Gasteiger partial charge on any atom is 0.213 e. The Bertz CT molecular complexity index is 5600. The number of pyridine rings is 4. The van der Waals surface area contributed by atoms with Crippen LogP contribution in [0, 0.1) is 83.1 Å². The Morgan fingerprint density at radius 3 is 1.05 bits per heavy atom. The molecule has 0 radical (unpaired) electrons. The van der Waals surface area contributed by atoms with Crippen molar-refractivity contribution in [3.8, 4) is 45.0 Å². The molecule has 0 atom stereocenters. The van der Waals surface area contributed by atoms with Crippen molar-refractivity contribution in [1.29, 1.82) is 0 Å². The molecular weight excluding hydrogens is 1210 g/mol. The second-order valence-electron chi connectivity index (χ2n) is 32.6. The predicted molar refractivity (Wildman–Crippen MR) is 424 cm³/mol. The first-order chi connectivity index (χ1) is 50.2. The molecule has 0 N–H and O–H groups in total. The van der Waals surface area contributed by atoms with E-state index in [1.54, 1.807) is 18.2 Å². The summed E-state index contributed by atoms with van der Waals surface area (Å²) in [6.45, 7) is 43.8. The summed E-state index contributed by atoms with van der Waals surface area (Å²) in [5.41, 5.74) is 37.3. The lowest BCUT2D eigenvalue weighted by molar-refractivity contribution is -0.633. The molecule has 0 unspecified atom stereocenters. The van der Waals surface area contributed by atoms with Gasteiger partial charge in [-0.05, 0) is 269 Å². The van der Waals surface area contributed by atoms with Gasteiger partial charge in [-0.15, -0.1) is 0 Å². The summed E-state index contributed by atoms with van der Waals surface area (Å²) in [5.74, 6) is 0. The summed E-state index contributed by atoms with van der Waals surface area (Å²) in [6, 6.07) is 51.9. The van der Waals surface area contributed by atoms with E-state index >= 15 is 0 Å². The minimum Gasteiger partial charge on any atom is -0.194 e. The van der Waals surface area contributed by atoms with Gasteiger partial charge in [-0.1, -0.05) is 150 Å². The zero-order chi connectivity index (χ0) is 78.9. The summed E-state index contributed by atoms with van der Waals surface area (Å²) in [5, 5.41) is 4.64. The van der Waals surface area contributed by atoms with Crippen molar-refractivity contribution < 1.29 is 29.2 Å². The van der Waals surface area contributed by atoms with Gasteiger partial charge in [0.25, 0.3) is 0 Å². The molecule has 0 spiro atoms. The van der Waals surface area contributed by atoms with Crippen molar-refractivity contribution in [2.45, 2.75) is 211 Å². The number of benzene rings is 8. The lowest BCUT2D eigenvalue weighted by atomic mass is 9.62. The largest absolute Gasteiger partial charge is 0.213 e. The summed E-state index contributed by atoms with van der Waals surface area (Å²) in [7, 11) is 8.47. The molecule has 4 heteroatoms. The van der Waals surface area contributed by atoms with E-state index in [0.717, 1.165) is 44.8 Å². The molecule has 4 aliphatic carbocycles. The number of hydrogen-bond donors (Lipinski definition) is 0. The van der Waals surface area contributed by atoms with E-state index < -0.39 is 36.3 Å². The summed E-state index contributed by atoms with van der Waals surface area (Å²) in [6.07, 6.45) is -4.17. The highest BCUT2D eigenvalue weighted by Gasteiger charge is 2.43. The monoisotopic (exact) mass is 1330 g/mol. The summed E-state index contributed by atoms with van der Waals surface area (Å²) >= 11 is 0. The van der Waals surface area contributed by atoms with E-state index in [2.05, 4.69) is 274 Å². The standard InChI is InChI=1S/2C26H32N.2C22H24N/c2*1-16-12-17(2)18(3)19(13-16)23-14-21-24-20(10-9-11-22(24)27(23)8)25(4,5)15-26(21,6)7;2*1-14-11-15(2)16(3)19(12-14)21-13-18-9-5-7-17-8-6-10-20(22(17)18)23(21)4/h2*9-14H,15H2,1-8H3;2*6,8,10-13H,5,7,9H2,1-4H3/q4*+1/i15D2;;5D2,7D2,9D2;. The summed E-state index contributed by atoms with van der Waals surface area (Å²) in [4.78, 5) is 0. The Labute approximate surface area is 611 Å². The van der Waals surface area contributed by atoms with Crippen LogP contribution < -0.4 is 18.3 Å². The third-order valence-electron chi connectivity index (χ3n) is 23.4. The van der Waals surface area contributed by atoms with Gasteiger partial charge in [0.1, 0.15) is 28.2 Å². The van der Waals surface area contributed by atoms with E-state index in [1.807, 2.05) is 38.5 Å². The molecule has 0 aliphatic heterocycles. The fourth-order valence-electron chi connectivity index (χ4n) is 18.1. The zero-order valence-corrected chi connectivity index (χ0v) is 64.5. The molecule has 4 nitrogen and oxygen atoms in total. The average Bonchev–Trinajstić information content (AvgIpc) is 0.694. The number of aryl methyl sites for hydroxylation is 16. The van der Waals surface area contributed by atoms with Gasteiger partial charge in [-0.2, -0.15) is 18.3 Å². The lowest BCUT2D eigenvalue weighted by Gasteiger charge is -2.41. The quantitative estimate of drug-likeness (QED) is 0.156. The number of rotatable bonds is 4. The third-order valence-corrected chi connectivity index (χ3v) is 23.4. The molecule has 4 aromatic heterocycles. The number of nitrogens with zero attached hydrogens (tertiary/aromatic N) is 4. The van der Waals surface area contributed by atoms with Crippen LogP contribution in [0.3, 0.4) is 0 Å². The molecule has 0 amide bonds. The molecular formula is C96H112N4+4. The van der Waals surface area contributed by atoms with Crippen LogP contribution in [0.5, 0.6) is 0 Å². The van der Waals surface area contributed by atoms with Gasteiger partial charge in [-0.3, -0.25) is 0 Å². The molecule has 4 heterocycles. The first-order valence-corrected chi connectivity index (χ1v) is 36.4. The van der Waals surface area contributed by atoms with E-state index in [4.69, 9.17) is 11.0 Å². The number of hydrogen-bond acceptors (Lipinski definition) is 0. The van der Waals surface area contributed by atoms with Gasteiger partial charge < -0.3 is 0 Å². The van der Waals surface area contributed by atoms with E-state index in [9.17, 15) is 0 Å². The minimum atomic E-state index is -2.71. The van der Waals surface area contributed by atoms with E-state index in [1.165, 1.54) is 159 Å². The third kappa shape index (κ3) is 12.2. The van der Waals surface area contributed by atoms with Crippen molar-refractivity contribution in [3.05, 3.63) is 257 Å². The van der Waals surface area contributed by atoms with Crippen molar-refractivity contribution in [2.75, 3.05) is 0 Å². The SMILES string of the molecule is Cc1cc(C)c(C)c(-c2cc3c4c(cccc4[n+]2C)C(C)(C)CC3(C)C)c1.Cc1cc(C)c(C)c(-c2cc3c4c(cccc4[n+]2C)CCC3)c1.[2H]C1([2H])C(C)(C)c2cccc3c2c(cc(-c2cc(C)cc(C)c2C)[n+]3C)C1(C)C.[2H]C1([2H])c2cccc3c2c(cc(-c2cc(C)cc(C)c2C)[n+]3C)C([2H])([2H])C1([2H])[2H]. The van der Waals surface area contributed by atoms with E-state index in [0.29, 0.717) is 10.9 Å². The Hall–Kier alpha value is -8.60. The van der Waals surface area contributed by atoms with E-state index in [-0.39, 0.29) is 22.0 Å². The summed E-state index contributed by atoms with van der Waals surface area (Å²) < 4.78 is 78.1. The second-order valence-corrected chi connectivity index (χ2v) is 32.6. The van der Waals surface area contributed by atoms with Gasteiger partial charge >= 0.3 is 0 Å². The fraction of sp³-hybridized carbons (Fsp3) is 0.375. The highest BCUT2D eigenvalue weighted by Crippen LogP contribution is 2.51. The fourth-order valence-corrected chi connectivity index (χ4v) is 18.1. The average molecular weight is 1330 g/mol. The van der Waals surface area contributed by atoms with Crippen LogP contribution in [0.4, 0.5) is 0 Å². The molecule has 4 aliphatic rings. The zero-order valence-electron chi connectivity index (χ0n) is 72.5. The minimum absolute atomic E-state index is 0.159. The Kier molecular flexibility index (Phi) is 15.5. The van der Waals surface area contributed by atoms with Gasteiger partial charge in [0.05, 0.1) is 21.5 Å². The first kappa shape index (κ1) is 60.2. The highest BCUT2D eigenvalue weighted by atomic mass is 15.0. The van der Waals surface area contributed by atoms with Crippen molar-refractivity contribution in [1.82, 2.24) is 0 Å². The van der Waals surface area contributed by atoms with Gasteiger partial charge in [0.2, 0.25) is 44.8 Å². The van der Waals surface area contributed by atoms with Crippen molar-refractivity contribution in [3.63, 3.8) is 0 Å². The molecule has 0 fully saturated rings. The lowest BCUT2D eigenvalue weighted by Crippen LogP contribution is -2.39. The topological polar surface area (TPSA) is 15.5 Å². The van der Waals surface area contributed by atoms with Crippen LogP contribution in [-0.4, -0.2) is 0 Å². The van der Waals surface area contributed by atoms with Crippen molar-refractivity contribution in [2.24, 2.45) is 28.2 Å². The van der Waals surface area contributed by atoms with Gasteiger partial charge in [0, 0.05) is 81.8 Å². The van der Waals surface area contributed by atoms with Crippen LogP contribution in [0.1, 0.15) is 203 Å². The molecule has 8 aromatic carbocycles. The van der Waals surface area contributed by atoms with Crippen LogP contribution >= 0.6 is 0 Å². The first-order valence-electron chi connectivity index (χ1n) is 40.4. The smallest absolute Gasteiger partial charge is 0.194 e. The number of aromatic nitrogens is 4. The molecule has 12 aromatic rings. The molecule has 512 valence electrons. The second kappa shape index (κ2) is 25.8. The Morgan fingerprint density at radius 2 is 0.620 bits per heavy atom.